The number of hydrogen-bond donors (Lipinski definition) is 2. The van der Waals surface area contributed by atoms with E-state index in [1.165, 1.54) is 12.1 Å². The summed E-state index contributed by atoms with van der Waals surface area (Å²) < 4.78 is 5.45. The smallest absolute Gasteiger partial charge is 0.310 e. The minimum absolute atomic E-state index is 0.0412. The van der Waals surface area contributed by atoms with E-state index in [9.17, 15) is 14.9 Å². The lowest BCUT2D eigenvalue weighted by atomic mass is 10.1. The standard InChI is InChI=1S/C14H21N3O4/c1-9(13(18)16-14(2,3)4)21-12-7-10(8-15)5-6-11(12)17(19)20/h5-7,9H,8,15H2,1-4H3,(H,16,18). The van der Waals surface area contributed by atoms with Crippen LogP contribution in [-0.2, 0) is 11.3 Å². The van der Waals surface area contributed by atoms with Crippen molar-refractivity contribution in [3.63, 3.8) is 0 Å². The summed E-state index contributed by atoms with van der Waals surface area (Å²) in [5.41, 5.74) is 5.61. The van der Waals surface area contributed by atoms with Crippen molar-refractivity contribution < 1.29 is 14.5 Å². The van der Waals surface area contributed by atoms with E-state index in [4.69, 9.17) is 10.5 Å². The average molecular weight is 295 g/mol. The van der Waals surface area contributed by atoms with Crippen LogP contribution in [0.2, 0.25) is 0 Å². The maximum Gasteiger partial charge on any atom is 0.310 e. The topological polar surface area (TPSA) is 107 Å². The Morgan fingerprint density at radius 2 is 2.10 bits per heavy atom. The number of ether oxygens (including phenoxy) is 1. The van der Waals surface area contributed by atoms with Crippen molar-refractivity contribution in [2.75, 3.05) is 0 Å². The van der Waals surface area contributed by atoms with Crippen LogP contribution in [0.1, 0.15) is 33.3 Å². The van der Waals surface area contributed by atoms with Gasteiger partial charge in [-0.05, 0) is 39.3 Å². The Bertz CT molecular complexity index is 538. The summed E-state index contributed by atoms with van der Waals surface area (Å²) in [7, 11) is 0. The van der Waals surface area contributed by atoms with Gasteiger partial charge in [0.05, 0.1) is 4.92 Å². The highest BCUT2D eigenvalue weighted by Gasteiger charge is 2.24. The Morgan fingerprint density at radius 1 is 1.48 bits per heavy atom. The molecule has 1 aromatic carbocycles. The number of nitrogens with zero attached hydrogens (tertiary/aromatic N) is 1. The van der Waals surface area contributed by atoms with Crippen LogP contribution in [0.3, 0.4) is 0 Å². The summed E-state index contributed by atoms with van der Waals surface area (Å²) in [4.78, 5) is 22.4. The van der Waals surface area contributed by atoms with Gasteiger partial charge in [-0.1, -0.05) is 6.07 Å². The quantitative estimate of drug-likeness (QED) is 0.635. The van der Waals surface area contributed by atoms with Crippen LogP contribution in [0.25, 0.3) is 0 Å². The van der Waals surface area contributed by atoms with Gasteiger partial charge in [0.1, 0.15) is 0 Å². The van der Waals surface area contributed by atoms with Crippen molar-refractivity contribution in [3.05, 3.63) is 33.9 Å². The number of nitro benzene ring substituents is 1. The van der Waals surface area contributed by atoms with Crippen molar-refractivity contribution in [2.24, 2.45) is 5.73 Å². The molecule has 0 saturated heterocycles. The fourth-order valence-electron chi connectivity index (χ4n) is 1.65. The second-order valence-electron chi connectivity index (χ2n) is 5.76. The lowest BCUT2D eigenvalue weighted by molar-refractivity contribution is -0.386. The van der Waals surface area contributed by atoms with E-state index >= 15 is 0 Å². The third-order valence-corrected chi connectivity index (χ3v) is 2.63. The highest BCUT2D eigenvalue weighted by atomic mass is 16.6. The van der Waals surface area contributed by atoms with Gasteiger partial charge in [-0.25, -0.2) is 0 Å². The summed E-state index contributed by atoms with van der Waals surface area (Å²) >= 11 is 0. The van der Waals surface area contributed by atoms with Gasteiger partial charge in [-0.2, -0.15) is 0 Å². The number of nitrogens with two attached hydrogens (primary N) is 1. The highest BCUT2D eigenvalue weighted by Crippen LogP contribution is 2.28. The van der Waals surface area contributed by atoms with Crippen LogP contribution in [0, 0.1) is 10.1 Å². The van der Waals surface area contributed by atoms with Gasteiger partial charge in [0.2, 0.25) is 0 Å². The van der Waals surface area contributed by atoms with E-state index in [1.54, 1.807) is 13.0 Å². The summed E-state index contributed by atoms with van der Waals surface area (Å²) in [5, 5.41) is 13.8. The zero-order chi connectivity index (χ0) is 16.2. The van der Waals surface area contributed by atoms with Crippen molar-refractivity contribution in [3.8, 4) is 5.75 Å². The maximum absolute atomic E-state index is 12.0. The first-order valence-corrected chi connectivity index (χ1v) is 6.60. The second-order valence-corrected chi connectivity index (χ2v) is 5.76. The van der Waals surface area contributed by atoms with Crippen molar-refractivity contribution >= 4 is 11.6 Å². The second kappa shape index (κ2) is 6.53. The van der Waals surface area contributed by atoms with Crippen LogP contribution < -0.4 is 15.8 Å². The van der Waals surface area contributed by atoms with Crippen molar-refractivity contribution in [1.82, 2.24) is 5.32 Å². The lowest BCUT2D eigenvalue weighted by Crippen LogP contribution is -2.46. The predicted molar refractivity (Wildman–Crippen MR) is 79.0 cm³/mol. The molecule has 0 aliphatic carbocycles. The molecule has 0 aromatic heterocycles. The fourth-order valence-corrected chi connectivity index (χ4v) is 1.65. The largest absolute Gasteiger partial charge is 0.474 e. The normalized spacial score (nSPS) is 12.6. The minimum Gasteiger partial charge on any atom is -0.474 e. The van der Waals surface area contributed by atoms with Gasteiger partial charge >= 0.3 is 5.69 Å². The summed E-state index contributed by atoms with van der Waals surface area (Å²) in [6.07, 6.45) is -0.851. The molecule has 0 aliphatic rings. The van der Waals surface area contributed by atoms with Gasteiger partial charge < -0.3 is 15.8 Å². The van der Waals surface area contributed by atoms with E-state index < -0.39 is 16.6 Å². The molecule has 1 atom stereocenters. The van der Waals surface area contributed by atoms with Gasteiger partial charge in [-0.3, -0.25) is 14.9 Å². The number of carbonyl (C=O) groups is 1. The van der Waals surface area contributed by atoms with E-state index in [0.29, 0.717) is 5.56 Å². The first-order chi connectivity index (χ1) is 9.64. The molecule has 0 radical (unpaired) electrons. The minimum atomic E-state index is -0.851. The molecule has 0 bridgehead atoms. The molecular formula is C14H21N3O4. The third kappa shape index (κ3) is 5.03. The van der Waals surface area contributed by atoms with Gasteiger partial charge in [-0.15, -0.1) is 0 Å². The molecule has 7 nitrogen and oxygen atoms in total. The fraction of sp³-hybridized carbons (Fsp3) is 0.500. The first-order valence-electron chi connectivity index (χ1n) is 6.60. The van der Waals surface area contributed by atoms with E-state index in [-0.39, 0.29) is 23.9 Å². The molecular weight excluding hydrogens is 274 g/mol. The van der Waals surface area contributed by atoms with Crippen LogP contribution in [0.15, 0.2) is 18.2 Å². The Morgan fingerprint density at radius 3 is 2.57 bits per heavy atom. The van der Waals surface area contributed by atoms with E-state index in [0.717, 1.165) is 0 Å². The molecule has 116 valence electrons. The summed E-state index contributed by atoms with van der Waals surface area (Å²) in [6.45, 7) is 7.30. The summed E-state index contributed by atoms with van der Waals surface area (Å²) in [6, 6.07) is 4.37. The van der Waals surface area contributed by atoms with Gasteiger partial charge in [0.25, 0.3) is 5.91 Å². The molecule has 0 spiro atoms. The number of nitro groups is 1. The molecule has 0 aliphatic heterocycles. The SMILES string of the molecule is CC(Oc1cc(CN)ccc1[N+](=O)[O-])C(=O)NC(C)(C)C. The molecule has 0 saturated carbocycles. The Labute approximate surface area is 123 Å². The van der Waals surface area contributed by atoms with Crippen LogP contribution in [0.4, 0.5) is 5.69 Å². The number of hydrogen-bond acceptors (Lipinski definition) is 5. The maximum atomic E-state index is 12.0. The Hall–Kier alpha value is -2.15. The zero-order valence-electron chi connectivity index (χ0n) is 12.7. The van der Waals surface area contributed by atoms with Crippen molar-refractivity contribution in [2.45, 2.75) is 45.9 Å². The molecule has 3 N–H and O–H groups in total. The average Bonchev–Trinajstić information content (AvgIpc) is 2.36. The van der Waals surface area contributed by atoms with E-state index in [1.807, 2.05) is 20.8 Å². The van der Waals surface area contributed by atoms with Crippen LogP contribution >= 0.6 is 0 Å². The predicted octanol–water partition coefficient (Wildman–Crippen LogP) is 1.74. The zero-order valence-corrected chi connectivity index (χ0v) is 12.7. The molecule has 1 rings (SSSR count). The highest BCUT2D eigenvalue weighted by molar-refractivity contribution is 5.81. The number of rotatable bonds is 5. The van der Waals surface area contributed by atoms with Crippen LogP contribution in [-0.4, -0.2) is 22.5 Å². The van der Waals surface area contributed by atoms with Crippen molar-refractivity contribution in [1.29, 1.82) is 0 Å². The molecule has 7 heteroatoms. The monoisotopic (exact) mass is 295 g/mol. The molecule has 1 amide bonds. The Kier molecular flexibility index (Phi) is 5.26. The molecule has 1 aromatic rings. The molecule has 1 unspecified atom stereocenters. The first kappa shape index (κ1) is 16.9. The lowest BCUT2D eigenvalue weighted by Gasteiger charge is -2.23. The van der Waals surface area contributed by atoms with Gasteiger partial charge in [0, 0.05) is 18.2 Å². The number of benzene rings is 1. The number of amides is 1. The Balaban J connectivity index is 2.95. The molecule has 0 heterocycles. The van der Waals surface area contributed by atoms with Gasteiger partial charge in [0.15, 0.2) is 11.9 Å². The number of carbonyl (C=O) groups excluding carboxylic acids is 1. The molecule has 0 fully saturated rings. The molecule has 21 heavy (non-hydrogen) atoms. The number of nitrogens with one attached hydrogen (secondary N) is 1. The van der Waals surface area contributed by atoms with Crippen LogP contribution in [0.5, 0.6) is 5.75 Å². The van der Waals surface area contributed by atoms with E-state index in [2.05, 4.69) is 5.32 Å². The third-order valence-electron chi connectivity index (χ3n) is 2.63. The summed E-state index contributed by atoms with van der Waals surface area (Å²) in [5.74, 6) is -0.297.